The Labute approximate surface area is 123 Å². The third-order valence-electron chi connectivity index (χ3n) is 2.22. The number of benzene rings is 1. The summed E-state index contributed by atoms with van der Waals surface area (Å²) in [6.07, 6.45) is 1.49. The molecule has 0 aliphatic carbocycles. The largest absolute Gasteiger partial charge is 0.384 e. The summed E-state index contributed by atoms with van der Waals surface area (Å²) >= 11 is 8.19. The van der Waals surface area contributed by atoms with E-state index in [2.05, 4.69) is 32.9 Å². The van der Waals surface area contributed by atoms with Gasteiger partial charge in [0.05, 0.1) is 10.7 Å². The maximum absolute atomic E-state index is 11.9. The van der Waals surface area contributed by atoms with Gasteiger partial charge in [0.25, 0.3) is 5.91 Å². The smallest absolute Gasteiger partial charge is 0.255 e. The lowest BCUT2D eigenvalue weighted by atomic mass is 10.2. The van der Waals surface area contributed by atoms with Crippen LogP contribution in [0.25, 0.3) is 0 Å². The summed E-state index contributed by atoms with van der Waals surface area (Å²) in [5, 5.41) is 3.22. The predicted molar refractivity (Wildman–Crippen MR) is 80.8 cm³/mol. The first kappa shape index (κ1) is 13.1. The zero-order chi connectivity index (χ0) is 13.1. The molecule has 0 saturated carbocycles. The predicted octanol–water partition coefficient (Wildman–Crippen LogP) is 3.17. The van der Waals surface area contributed by atoms with Gasteiger partial charge in [0.2, 0.25) is 0 Å². The molecule has 0 saturated heterocycles. The van der Waals surface area contributed by atoms with Crippen molar-refractivity contribution in [3.05, 3.63) is 50.7 Å². The number of rotatable bonds is 2. The van der Waals surface area contributed by atoms with Crippen molar-refractivity contribution < 1.29 is 4.79 Å². The second-order valence-electron chi connectivity index (χ2n) is 3.55. The van der Waals surface area contributed by atoms with Gasteiger partial charge in [0.15, 0.2) is 0 Å². The molecule has 18 heavy (non-hydrogen) atoms. The molecule has 2 rings (SSSR count). The average Bonchev–Trinajstić information content (AvgIpc) is 2.32. The van der Waals surface area contributed by atoms with E-state index >= 15 is 0 Å². The van der Waals surface area contributed by atoms with Gasteiger partial charge >= 0.3 is 0 Å². The third-order valence-corrected chi connectivity index (χ3v) is 3.21. The van der Waals surface area contributed by atoms with E-state index in [1.54, 1.807) is 18.2 Å². The third kappa shape index (κ3) is 3.11. The average molecular weight is 374 g/mol. The van der Waals surface area contributed by atoms with Gasteiger partial charge in [-0.05, 0) is 52.9 Å². The monoisotopic (exact) mass is 373 g/mol. The number of nitrogens with zero attached hydrogens (tertiary/aromatic N) is 1. The molecule has 4 nitrogen and oxygen atoms in total. The molecule has 1 aromatic heterocycles. The molecule has 6 heteroatoms. The van der Waals surface area contributed by atoms with E-state index in [0.29, 0.717) is 22.1 Å². The Morgan fingerprint density at radius 3 is 2.78 bits per heavy atom. The molecule has 0 spiro atoms. The van der Waals surface area contributed by atoms with Crippen LogP contribution in [0.4, 0.5) is 11.5 Å². The number of nitrogens with two attached hydrogens (primary N) is 1. The summed E-state index contributed by atoms with van der Waals surface area (Å²) in [5.41, 5.74) is 6.53. The molecule has 1 heterocycles. The molecule has 1 aromatic carbocycles. The fourth-order valence-electron chi connectivity index (χ4n) is 1.37. The Morgan fingerprint density at radius 1 is 1.33 bits per heavy atom. The molecule has 0 unspecified atom stereocenters. The van der Waals surface area contributed by atoms with Gasteiger partial charge in [-0.2, -0.15) is 0 Å². The van der Waals surface area contributed by atoms with Crippen LogP contribution in [0, 0.1) is 3.57 Å². The molecule has 0 bridgehead atoms. The SMILES string of the molecule is Nc1cc(C(=O)Nc2ccc(I)cc2Cl)ccn1. The van der Waals surface area contributed by atoms with E-state index < -0.39 is 0 Å². The van der Waals surface area contributed by atoms with Crippen molar-refractivity contribution in [2.24, 2.45) is 0 Å². The Morgan fingerprint density at radius 2 is 2.11 bits per heavy atom. The molecule has 0 fully saturated rings. The number of hydrogen-bond acceptors (Lipinski definition) is 3. The van der Waals surface area contributed by atoms with Gasteiger partial charge in [-0.1, -0.05) is 11.6 Å². The maximum atomic E-state index is 11.9. The van der Waals surface area contributed by atoms with Crippen molar-refractivity contribution in [1.29, 1.82) is 0 Å². The van der Waals surface area contributed by atoms with Crippen LogP contribution < -0.4 is 11.1 Å². The molecule has 1 amide bonds. The lowest BCUT2D eigenvalue weighted by molar-refractivity contribution is 0.102. The lowest BCUT2D eigenvalue weighted by Gasteiger charge is -2.07. The van der Waals surface area contributed by atoms with Crippen molar-refractivity contribution in [2.75, 3.05) is 11.1 Å². The number of hydrogen-bond donors (Lipinski definition) is 2. The number of halogens is 2. The van der Waals surface area contributed by atoms with Gasteiger partial charge in [-0.15, -0.1) is 0 Å². The van der Waals surface area contributed by atoms with Crippen LogP contribution in [0.3, 0.4) is 0 Å². The first-order chi connectivity index (χ1) is 8.56. The zero-order valence-electron chi connectivity index (χ0n) is 9.15. The van der Waals surface area contributed by atoms with Gasteiger partial charge in [0.1, 0.15) is 5.82 Å². The van der Waals surface area contributed by atoms with Crippen LogP contribution in [0.2, 0.25) is 5.02 Å². The molecule has 0 aliphatic rings. The topological polar surface area (TPSA) is 68.0 Å². The van der Waals surface area contributed by atoms with E-state index in [1.807, 2.05) is 6.07 Å². The minimum absolute atomic E-state index is 0.271. The van der Waals surface area contributed by atoms with Crippen LogP contribution in [-0.4, -0.2) is 10.9 Å². The first-order valence-corrected chi connectivity index (χ1v) is 6.50. The Bertz CT molecular complexity index is 604. The highest BCUT2D eigenvalue weighted by atomic mass is 127. The molecular weight excluding hydrogens is 365 g/mol. The van der Waals surface area contributed by atoms with Crippen molar-refractivity contribution in [3.63, 3.8) is 0 Å². The van der Waals surface area contributed by atoms with Gasteiger partial charge in [-0.3, -0.25) is 4.79 Å². The van der Waals surface area contributed by atoms with Crippen molar-refractivity contribution in [2.45, 2.75) is 0 Å². The van der Waals surface area contributed by atoms with Crippen LogP contribution >= 0.6 is 34.2 Å². The Kier molecular flexibility index (Phi) is 4.03. The van der Waals surface area contributed by atoms with Crippen molar-refractivity contribution in [3.8, 4) is 0 Å². The molecule has 2 aromatic rings. The minimum Gasteiger partial charge on any atom is -0.384 e. The van der Waals surface area contributed by atoms with E-state index in [1.165, 1.54) is 12.3 Å². The van der Waals surface area contributed by atoms with E-state index in [9.17, 15) is 4.79 Å². The minimum atomic E-state index is -0.271. The van der Waals surface area contributed by atoms with Crippen molar-refractivity contribution in [1.82, 2.24) is 4.98 Å². The summed E-state index contributed by atoms with van der Waals surface area (Å²) in [6, 6.07) is 8.50. The Hall–Kier alpha value is -1.34. The van der Waals surface area contributed by atoms with Crippen LogP contribution in [0.5, 0.6) is 0 Å². The maximum Gasteiger partial charge on any atom is 0.255 e. The number of amides is 1. The summed E-state index contributed by atoms with van der Waals surface area (Å²) < 4.78 is 1.00. The number of carbonyl (C=O) groups is 1. The van der Waals surface area contributed by atoms with E-state index in [4.69, 9.17) is 17.3 Å². The number of pyridine rings is 1. The number of aromatic nitrogens is 1. The van der Waals surface area contributed by atoms with Crippen molar-refractivity contribution >= 4 is 51.6 Å². The first-order valence-electron chi connectivity index (χ1n) is 5.04. The van der Waals surface area contributed by atoms with Crippen LogP contribution in [-0.2, 0) is 0 Å². The van der Waals surface area contributed by atoms with Crippen LogP contribution in [0.15, 0.2) is 36.5 Å². The number of nitrogen functional groups attached to an aromatic ring is 1. The highest BCUT2D eigenvalue weighted by molar-refractivity contribution is 14.1. The lowest BCUT2D eigenvalue weighted by Crippen LogP contribution is -2.12. The molecule has 0 aliphatic heterocycles. The fourth-order valence-corrected chi connectivity index (χ4v) is 2.28. The Balaban J connectivity index is 2.21. The summed E-state index contributed by atoms with van der Waals surface area (Å²) in [7, 11) is 0. The molecule has 0 atom stereocenters. The molecule has 92 valence electrons. The molecular formula is C12H9ClIN3O. The highest BCUT2D eigenvalue weighted by Crippen LogP contribution is 2.24. The quantitative estimate of drug-likeness (QED) is 0.795. The second-order valence-corrected chi connectivity index (χ2v) is 5.20. The summed E-state index contributed by atoms with van der Waals surface area (Å²) in [5.74, 6) is 0.0311. The summed E-state index contributed by atoms with van der Waals surface area (Å²) in [6.45, 7) is 0. The van der Waals surface area contributed by atoms with E-state index in [0.717, 1.165) is 3.57 Å². The molecule has 3 N–H and O–H groups in total. The number of carbonyl (C=O) groups excluding carboxylic acids is 1. The fraction of sp³-hybridized carbons (Fsp3) is 0. The number of nitrogens with one attached hydrogen (secondary N) is 1. The number of anilines is 2. The summed E-state index contributed by atoms with van der Waals surface area (Å²) in [4.78, 5) is 15.8. The zero-order valence-corrected chi connectivity index (χ0v) is 12.1. The standard InChI is InChI=1S/C12H9ClIN3O/c13-9-6-8(14)1-2-10(9)17-12(18)7-3-4-16-11(15)5-7/h1-6H,(H2,15,16)(H,17,18). The van der Waals surface area contributed by atoms with Gasteiger partial charge in [0, 0.05) is 15.3 Å². The van der Waals surface area contributed by atoms with E-state index in [-0.39, 0.29) is 5.91 Å². The van der Waals surface area contributed by atoms with Gasteiger partial charge in [-0.25, -0.2) is 4.98 Å². The normalized spacial score (nSPS) is 10.1. The highest BCUT2D eigenvalue weighted by Gasteiger charge is 2.09. The second kappa shape index (κ2) is 5.53. The molecule has 0 radical (unpaired) electrons. The van der Waals surface area contributed by atoms with Gasteiger partial charge < -0.3 is 11.1 Å². The van der Waals surface area contributed by atoms with Crippen LogP contribution in [0.1, 0.15) is 10.4 Å².